The predicted octanol–water partition coefficient (Wildman–Crippen LogP) is 2.94. The highest BCUT2D eigenvalue weighted by Crippen LogP contribution is 2.26. The van der Waals surface area contributed by atoms with Gasteiger partial charge in [0.25, 0.3) is 0 Å². The molecule has 1 aliphatic carbocycles. The lowest BCUT2D eigenvalue weighted by molar-refractivity contribution is -0.119. The molecule has 11 heavy (non-hydrogen) atoms. The van der Waals surface area contributed by atoms with E-state index in [0.29, 0.717) is 12.8 Å². The summed E-state index contributed by atoms with van der Waals surface area (Å²) in [4.78, 5) is 11.2. The van der Waals surface area contributed by atoms with Crippen molar-refractivity contribution in [3.63, 3.8) is 0 Å². The Morgan fingerprint density at radius 1 is 1.45 bits per heavy atom. The van der Waals surface area contributed by atoms with Gasteiger partial charge in [-0.15, -0.1) is 0 Å². The van der Waals surface area contributed by atoms with Crippen LogP contribution >= 0.6 is 0 Å². The van der Waals surface area contributed by atoms with Crippen molar-refractivity contribution < 1.29 is 7.54 Å². The molecule has 0 bridgehead atoms. The van der Waals surface area contributed by atoms with E-state index in [1.807, 2.05) is 6.92 Å². The average Bonchev–Trinajstić information content (AvgIpc) is 2.11. The quantitative estimate of drug-likeness (QED) is 0.614. The van der Waals surface area contributed by atoms with Gasteiger partial charge in [0, 0.05) is 15.6 Å². The van der Waals surface area contributed by atoms with Crippen LogP contribution in [0.1, 0.15) is 54.6 Å². The van der Waals surface area contributed by atoms with E-state index in [4.69, 9.17) is 2.74 Å². The van der Waals surface area contributed by atoms with Crippen LogP contribution in [0.3, 0.4) is 0 Å². The first-order chi connectivity index (χ1) is 6.15. The highest BCUT2D eigenvalue weighted by atomic mass is 16.1. The normalized spacial score (nSPS) is 41.0. The molecule has 1 aliphatic rings. The molecule has 0 N–H and O–H groups in total. The van der Waals surface area contributed by atoms with Gasteiger partial charge in [0.15, 0.2) is 0 Å². The summed E-state index contributed by atoms with van der Waals surface area (Å²) in [6, 6.07) is 0. The van der Waals surface area contributed by atoms with Gasteiger partial charge in [-0.2, -0.15) is 0 Å². The van der Waals surface area contributed by atoms with Crippen LogP contribution in [-0.4, -0.2) is 5.78 Å². The maximum Gasteiger partial charge on any atom is 0.132 e. The van der Waals surface area contributed by atoms with Crippen LogP contribution < -0.4 is 0 Å². The number of carbonyl (C=O) groups excluding carboxylic acids is 1. The van der Waals surface area contributed by atoms with Crippen molar-refractivity contribution in [2.45, 2.75) is 51.8 Å². The number of ketones is 1. The molecule has 0 aliphatic heterocycles. The zero-order valence-electron chi connectivity index (χ0n) is 9.18. The van der Waals surface area contributed by atoms with E-state index in [2.05, 4.69) is 0 Å². The van der Waals surface area contributed by atoms with Crippen molar-refractivity contribution in [1.29, 1.82) is 0 Å². The molecule has 2 unspecified atom stereocenters. The van der Waals surface area contributed by atoms with Crippen LogP contribution in [-0.2, 0) is 4.79 Å². The van der Waals surface area contributed by atoms with Gasteiger partial charge in [-0.3, -0.25) is 4.79 Å². The molecule has 64 valence electrons. The highest BCUT2D eigenvalue weighted by molar-refractivity contribution is 5.78. The lowest BCUT2D eigenvalue weighted by atomic mass is 9.85. The van der Waals surface area contributed by atoms with Crippen molar-refractivity contribution >= 4 is 5.78 Å². The van der Waals surface area contributed by atoms with Gasteiger partial charge >= 0.3 is 0 Å². The minimum absolute atomic E-state index is 0.00111. The number of rotatable bonds is 3. The maximum absolute atomic E-state index is 11.2. The Bertz CT molecular complexity index is 172. The van der Waals surface area contributed by atoms with Crippen LogP contribution in [0.25, 0.3) is 0 Å². The molecule has 1 saturated carbocycles. The van der Waals surface area contributed by atoms with Crippen molar-refractivity contribution in [3.05, 3.63) is 0 Å². The van der Waals surface area contributed by atoms with Gasteiger partial charge < -0.3 is 0 Å². The minimum Gasteiger partial charge on any atom is -0.300 e. The zero-order valence-corrected chi connectivity index (χ0v) is 7.18. The summed E-state index contributed by atoms with van der Waals surface area (Å²) in [6.45, 7) is 1.85. The Morgan fingerprint density at radius 3 is 2.64 bits per heavy atom. The molecule has 2 atom stereocenters. The van der Waals surface area contributed by atoms with Gasteiger partial charge in [0.2, 0.25) is 0 Å². The maximum atomic E-state index is 11.2. The summed E-state index contributed by atoms with van der Waals surface area (Å²) in [7, 11) is 0. The number of Topliss-reactive ketones (excluding diaryl/α,β-unsaturated/α-hetero) is 1. The van der Waals surface area contributed by atoms with Crippen LogP contribution in [0.15, 0.2) is 0 Å². The van der Waals surface area contributed by atoms with Crippen LogP contribution in [0.5, 0.6) is 0 Å². The summed E-state index contributed by atoms with van der Waals surface area (Å²) in [5.41, 5.74) is 0. The van der Waals surface area contributed by atoms with Gasteiger partial charge in [-0.1, -0.05) is 39.0 Å². The minimum atomic E-state index is -0.174. The Balaban J connectivity index is 2.48. The summed E-state index contributed by atoms with van der Waals surface area (Å²) < 4.78 is 15.5. The molecule has 0 radical (unpaired) electrons. The Labute approximate surface area is 72.0 Å². The molecule has 0 spiro atoms. The fraction of sp³-hybridized carbons (Fsp3) is 0.900. The summed E-state index contributed by atoms with van der Waals surface area (Å²) >= 11 is 0. The van der Waals surface area contributed by atoms with E-state index >= 15 is 0 Å². The molecule has 1 heteroatoms. The monoisotopic (exact) mass is 156 g/mol. The van der Waals surface area contributed by atoms with Crippen molar-refractivity contribution in [2.24, 2.45) is 5.92 Å². The molecule has 0 saturated heterocycles. The van der Waals surface area contributed by atoms with Crippen molar-refractivity contribution in [1.82, 2.24) is 0 Å². The van der Waals surface area contributed by atoms with Crippen LogP contribution in [0, 0.1) is 5.92 Å². The molecular formula is C10H18O. The van der Waals surface area contributed by atoms with Gasteiger partial charge in [0.05, 0.1) is 0 Å². The molecule has 1 nitrogen and oxygen atoms in total. The van der Waals surface area contributed by atoms with Gasteiger partial charge in [-0.05, 0) is 5.92 Å². The highest BCUT2D eigenvalue weighted by Gasteiger charge is 2.15. The first kappa shape index (κ1) is 6.22. The van der Waals surface area contributed by atoms with E-state index in [9.17, 15) is 4.79 Å². The number of hydrogen-bond donors (Lipinski definition) is 0. The molecule has 0 amide bonds. The second-order valence-electron chi connectivity index (χ2n) is 3.16. The fourth-order valence-corrected chi connectivity index (χ4v) is 1.45. The lowest BCUT2D eigenvalue weighted by Crippen LogP contribution is -2.11. The first-order valence-corrected chi connectivity index (χ1v) is 4.51. The summed E-state index contributed by atoms with van der Waals surface area (Å²) in [6.07, 6.45) is 3.39. The smallest absolute Gasteiger partial charge is 0.132 e. The van der Waals surface area contributed by atoms with E-state index in [1.165, 1.54) is 0 Å². The Morgan fingerprint density at radius 2 is 2.09 bits per heavy atom. The van der Waals surface area contributed by atoms with Crippen molar-refractivity contribution in [3.8, 4) is 0 Å². The van der Waals surface area contributed by atoms with E-state index in [0.717, 1.165) is 19.3 Å². The van der Waals surface area contributed by atoms with Crippen LogP contribution in [0.4, 0.5) is 0 Å². The van der Waals surface area contributed by atoms with Crippen molar-refractivity contribution in [2.75, 3.05) is 0 Å². The van der Waals surface area contributed by atoms with E-state index in [-0.39, 0.29) is 24.5 Å². The van der Waals surface area contributed by atoms with Crippen LogP contribution in [0.2, 0.25) is 0 Å². The second kappa shape index (κ2) is 4.53. The lowest BCUT2D eigenvalue weighted by Gasteiger charge is -2.20. The summed E-state index contributed by atoms with van der Waals surface area (Å²) in [5, 5.41) is 0. The average molecular weight is 156 g/mol. The second-order valence-corrected chi connectivity index (χ2v) is 3.16. The van der Waals surface area contributed by atoms with Gasteiger partial charge in [0.1, 0.15) is 5.78 Å². The Kier molecular flexibility index (Phi) is 2.56. The molecule has 1 fully saturated rings. The standard InChI is InChI=1S/C10H18O/c1-2-10(11)8-9-6-4-3-5-7-9/h9H,2-8H2,1H3/i6D,7D. The molecule has 0 heterocycles. The fourth-order valence-electron chi connectivity index (χ4n) is 1.45. The first-order valence-electron chi connectivity index (χ1n) is 5.66. The molecular weight excluding hydrogens is 136 g/mol. The predicted molar refractivity (Wildman–Crippen MR) is 46.5 cm³/mol. The zero-order chi connectivity index (χ0) is 9.84. The SMILES string of the molecule is [2H]C1CCCC([2H])C1CC(=O)CC. The summed E-state index contributed by atoms with van der Waals surface area (Å²) in [5.74, 6) is 0.211. The Hall–Kier alpha value is -0.330. The van der Waals surface area contributed by atoms with E-state index < -0.39 is 0 Å². The largest absolute Gasteiger partial charge is 0.300 e. The third-order valence-corrected chi connectivity index (χ3v) is 2.20. The third kappa shape index (κ3) is 3.04. The molecule has 0 aromatic carbocycles. The number of hydrogen-bond acceptors (Lipinski definition) is 1. The third-order valence-electron chi connectivity index (χ3n) is 2.20. The topological polar surface area (TPSA) is 17.1 Å². The molecule has 1 rings (SSSR count). The molecule has 0 aromatic rings. The van der Waals surface area contributed by atoms with Gasteiger partial charge in [-0.25, -0.2) is 0 Å². The van der Waals surface area contributed by atoms with E-state index in [1.54, 1.807) is 0 Å². The number of carbonyl (C=O) groups is 1. The molecule has 0 aromatic heterocycles.